The smallest absolute Gasteiger partial charge is 0.267 e. The molecule has 10 heteroatoms. The van der Waals surface area contributed by atoms with Crippen molar-refractivity contribution >= 4 is 28.3 Å². The summed E-state index contributed by atoms with van der Waals surface area (Å²) in [5.41, 5.74) is 1.60. The highest BCUT2D eigenvalue weighted by atomic mass is 35.5. The molecule has 0 saturated heterocycles. The summed E-state index contributed by atoms with van der Waals surface area (Å²) in [6.07, 6.45) is 5.89. The molecule has 26 heavy (non-hydrogen) atoms. The summed E-state index contributed by atoms with van der Waals surface area (Å²) in [5.74, 6) is 0.406. The lowest BCUT2D eigenvalue weighted by Crippen LogP contribution is -2.25. The maximum absolute atomic E-state index is 13.2. The van der Waals surface area contributed by atoms with E-state index in [9.17, 15) is 4.79 Å². The zero-order valence-electron chi connectivity index (χ0n) is 13.1. The first kappa shape index (κ1) is 14.7. The van der Waals surface area contributed by atoms with Gasteiger partial charge in [0, 0.05) is 16.8 Å². The van der Waals surface area contributed by atoms with Crippen molar-refractivity contribution in [2.45, 2.75) is 0 Å². The van der Waals surface area contributed by atoms with Crippen molar-refractivity contribution in [3.63, 3.8) is 0 Å². The second kappa shape index (κ2) is 5.46. The molecule has 0 aliphatic carbocycles. The van der Waals surface area contributed by atoms with Gasteiger partial charge in [0.05, 0.1) is 16.6 Å². The van der Waals surface area contributed by atoms with Crippen LogP contribution in [0.1, 0.15) is 0 Å². The average molecular weight is 365 g/mol. The fourth-order valence-electron chi connectivity index (χ4n) is 2.88. The van der Waals surface area contributed by atoms with Gasteiger partial charge in [-0.25, -0.2) is 14.3 Å². The minimum Gasteiger partial charge on any atom is -0.267 e. The van der Waals surface area contributed by atoms with Crippen molar-refractivity contribution in [3.8, 4) is 11.3 Å². The zero-order chi connectivity index (χ0) is 17.7. The molecule has 4 aromatic heterocycles. The van der Waals surface area contributed by atoms with E-state index < -0.39 is 0 Å². The van der Waals surface area contributed by atoms with Gasteiger partial charge in [-0.3, -0.25) is 4.79 Å². The maximum Gasteiger partial charge on any atom is 0.281 e. The van der Waals surface area contributed by atoms with Crippen LogP contribution in [0.5, 0.6) is 0 Å². The standard InChI is InChI=1S/C16H9ClN8O/c17-11-3-1-10(2-4-11)14-13-12(22-16-18-7-21-25(14)16)5-6-24(15(13)26)23-8-19-20-9-23/h1-9H. The van der Waals surface area contributed by atoms with Crippen molar-refractivity contribution in [2.24, 2.45) is 0 Å². The predicted molar refractivity (Wildman–Crippen MR) is 93.8 cm³/mol. The van der Waals surface area contributed by atoms with Crippen LogP contribution in [0, 0.1) is 0 Å². The van der Waals surface area contributed by atoms with E-state index in [2.05, 4.69) is 25.3 Å². The van der Waals surface area contributed by atoms with E-state index >= 15 is 0 Å². The molecule has 0 aliphatic rings. The van der Waals surface area contributed by atoms with Crippen LogP contribution in [-0.4, -0.2) is 39.1 Å². The first-order valence-electron chi connectivity index (χ1n) is 7.59. The van der Waals surface area contributed by atoms with Crippen LogP contribution in [-0.2, 0) is 0 Å². The molecular formula is C16H9ClN8O. The maximum atomic E-state index is 13.2. The molecule has 5 aromatic rings. The van der Waals surface area contributed by atoms with Crippen molar-refractivity contribution in [1.29, 1.82) is 0 Å². The molecule has 1 aromatic carbocycles. The molecule has 126 valence electrons. The summed E-state index contributed by atoms with van der Waals surface area (Å²) >= 11 is 6.01. The Morgan fingerprint density at radius 3 is 2.54 bits per heavy atom. The molecule has 0 spiro atoms. The third kappa shape index (κ3) is 2.11. The lowest BCUT2D eigenvalue weighted by Gasteiger charge is -2.11. The zero-order valence-corrected chi connectivity index (χ0v) is 13.8. The SMILES string of the molecule is O=c1c2c(-c3ccc(Cl)cc3)n3ncnc3nc2ccn1-n1cnnc1. The Hall–Kier alpha value is -3.59. The first-order valence-corrected chi connectivity index (χ1v) is 7.96. The Bertz CT molecular complexity index is 1300. The highest BCUT2D eigenvalue weighted by Crippen LogP contribution is 2.26. The molecule has 0 amide bonds. The van der Waals surface area contributed by atoms with Crippen molar-refractivity contribution < 1.29 is 0 Å². The fourth-order valence-corrected chi connectivity index (χ4v) is 3.00. The van der Waals surface area contributed by atoms with Crippen molar-refractivity contribution in [3.05, 3.63) is 70.9 Å². The Morgan fingerprint density at radius 1 is 1.00 bits per heavy atom. The molecule has 0 N–H and O–H groups in total. The van der Waals surface area contributed by atoms with E-state index in [0.29, 0.717) is 27.4 Å². The predicted octanol–water partition coefficient (Wildman–Crippen LogP) is 1.66. The molecule has 0 aliphatic heterocycles. The van der Waals surface area contributed by atoms with Gasteiger partial charge in [0.15, 0.2) is 0 Å². The van der Waals surface area contributed by atoms with Gasteiger partial charge in [0.1, 0.15) is 19.0 Å². The van der Waals surface area contributed by atoms with Gasteiger partial charge in [-0.05, 0) is 18.2 Å². The minimum absolute atomic E-state index is 0.280. The highest BCUT2D eigenvalue weighted by Gasteiger charge is 2.17. The van der Waals surface area contributed by atoms with Crippen molar-refractivity contribution in [1.82, 2.24) is 39.1 Å². The summed E-state index contributed by atoms with van der Waals surface area (Å²) in [5, 5.41) is 12.7. The van der Waals surface area contributed by atoms with Crippen LogP contribution < -0.4 is 5.56 Å². The molecule has 0 atom stereocenters. The van der Waals surface area contributed by atoms with Gasteiger partial charge in [0.2, 0.25) is 0 Å². The summed E-state index contributed by atoms with van der Waals surface area (Å²) in [7, 11) is 0. The van der Waals surface area contributed by atoms with Crippen molar-refractivity contribution in [2.75, 3.05) is 0 Å². The van der Waals surface area contributed by atoms with E-state index in [1.165, 1.54) is 28.3 Å². The first-order chi connectivity index (χ1) is 12.7. The van der Waals surface area contributed by atoms with Gasteiger partial charge >= 0.3 is 0 Å². The monoisotopic (exact) mass is 364 g/mol. The largest absolute Gasteiger partial charge is 0.281 e. The van der Waals surface area contributed by atoms with Gasteiger partial charge in [-0.15, -0.1) is 10.2 Å². The number of hydrogen-bond acceptors (Lipinski definition) is 6. The molecule has 0 fully saturated rings. The number of halogens is 1. The Labute approximate surface area is 150 Å². The molecule has 9 nitrogen and oxygen atoms in total. The number of nitrogens with zero attached hydrogens (tertiary/aromatic N) is 8. The van der Waals surface area contributed by atoms with Gasteiger partial charge in [-0.1, -0.05) is 23.7 Å². The average Bonchev–Trinajstić information content (AvgIpc) is 3.33. The number of aromatic nitrogens is 8. The Balaban J connectivity index is 1.95. The number of rotatable bonds is 2. The van der Waals surface area contributed by atoms with Crippen LogP contribution in [0.25, 0.3) is 27.9 Å². The number of pyridine rings is 1. The Morgan fingerprint density at radius 2 is 1.77 bits per heavy atom. The third-order valence-corrected chi connectivity index (χ3v) is 4.28. The van der Waals surface area contributed by atoms with Crippen LogP contribution >= 0.6 is 11.6 Å². The normalized spacial score (nSPS) is 11.4. The van der Waals surface area contributed by atoms with E-state index in [4.69, 9.17) is 11.6 Å². The van der Waals surface area contributed by atoms with E-state index in [-0.39, 0.29) is 5.56 Å². The van der Waals surface area contributed by atoms with Crippen LogP contribution in [0.3, 0.4) is 0 Å². The molecule has 4 heterocycles. The second-order valence-electron chi connectivity index (χ2n) is 5.51. The number of hydrogen-bond donors (Lipinski definition) is 0. The van der Waals surface area contributed by atoms with Crippen LogP contribution in [0.2, 0.25) is 5.02 Å². The lowest BCUT2D eigenvalue weighted by atomic mass is 10.1. The molecule has 0 bridgehead atoms. The molecule has 0 unspecified atom stereocenters. The number of fused-ring (bicyclic) bond motifs is 2. The second-order valence-corrected chi connectivity index (χ2v) is 5.94. The summed E-state index contributed by atoms with van der Waals surface area (Å²) in [4.78, 5) is 21.8. The van der Waals surface area contributed by atoms with Gasteiger partial charge < -0.3 is 0 Å². The van der Waals surface area contributed by atoms with Gasteiger partial charge in [-0.2, -0.15) is 14.6 Å². The summed E-state index contributed by atoms with van der Waals surface area (Å²) in [6, 6.07) is 8.91. The molecule has 0 saturated carbocycles. The topological polar surface area (TPSA) is 95.8 Å². The third-order valence-electron chi connectivity index (χ3n) is 4.02. The van der Waals surface area contributed by atoms with Crippen LogP contribution in [0.15, 0.2) is 60.3 Å². The Kier molecular flexibility index (Phi) is 3.09. The molecule has 5 rings (SSSR count). The molecule has 0 radical (unpaired) electrons. The van der Waals surface area contributed by atoms with E-state index in [1.54, 1.807) is 28.9 Å². The summed E-state index contributed by atoms with van der Waals surface area (Å²) < 4.78 is 4.43. The van der Waals surface area contributed by atoms with Crippen LogP contribution in [0.4, 0.5) is 0 Å². The van der Waals surface area contributed by atoms with E-state index in [1.807, 2.05) is 12.1 Å². The summed E-state index contributed by atoms with van der Waals surface area (Å²) in [6.45, 7) is 0. The fraction of sp³-hybridized carbons (Fsp3) is 0. The quantitative estimate of drug-likeness (QED) is 0.472. The molecular weight excluding hydrogens is 356 g/mol. The van der Waals surface area contributed by atoms with Gasteiger partial charge in [0.25, 0.3) is 11.3 Å². The number of benzene rings is 1. The minimum atomic E-state index is -0.280. The highest BCUT2D eigenvalue weighted by molar-refractivity contribution is 6.30. The van der Waals surface area contributed by atoms with E-state index in [0.717, 1.165) is 5.56 Å². The lowest BCUT2D eigenvalue weighted by molar-refractivity contribution is 0.632.